The van der Waals surface area contributed by atoms with Gasteiger partial charge in [-0.15, -0.1) is 0 Å². The van der Waals surface area contributed by atoms with E-state index in [0.717, 1.165) is 5.69 Å². The van der Waals surface area contributed by atoms with E-state index in [0.29, 0.717) is 28.6 Å². The average molecular weight is 277 g/mol. The van der Waals surface area contributed by atoms with Crippen molar-refractivity contribution in [3.8, 4) is 0 Å². The van der Waals surface area contributed by atoms with Crippen LogP contribution in [0.5, 0.6) is 0 Å². The van der Waals surface area contributed by atoms with Gasteiger partial charge < -0.3 is 9.73 Å². The summed E-state index contributed by atoms with van der Waals surface area (Å²) < 4.78 is 18.5. The van der Waals surface area contributed by atoms with E-state index in [1.54, 1.807) is 18.2 Å². The number of fused-ring (bicyclic) bond motifs is 1. The summed E-state index contributed by atoms with van der Waals surface area (Å²) in [6.07, 6.45) is 0. The third kappa shape index (κ3) is 2.69. The van der Waals surface area contributed by atoms with Gasteiger partial charge in [0.2, 0.25) is 5.89 Å². The molecule has 0 spiro atoms. The topological polar surface area (TPSA) is 38.1 Å². The Kier molecular flexibility index (Phi) is 3.09. The van der Waals surface area contributed by atoms with Crippen LogP contribution in [0.15, 0.2) is 46.9 Å². The van der Waals surface area contributed by atoms with Gasteiger partial charge in [0.25, 0.3) is 0 Å². The maximum Gasteiger partial charge on any atom is 0.214 e. The number of hydrogen-bond acceptors (Lipinski definition) is 3. The molecule has 0 saturated heterocycles. The van der Waals surface area contributed by atoms with Crippen LogP contribution in [0.3, 0.4) is 0 Å². The lowest BCUT2D eigenvalue weighted by Gasteiger charge is -2.02. The first-order valence-electron chi connectivity index (χ1n) is 5.75. The molecule has 0 aliphatic heterocycles. The van der Waals surface area contributed by atoms with Crippen LogP contribution in [0, 0.1) is 5.82 Å². The van der Waals surface area contributed by atoms with Crippen molar-refractivity contribution < 1.29 is 8.81 Å². The molecule has 1 N–H and O–H groups in total. The van der Waals surface area contributed by atoms with Crippen LogP contribution in [0.25, 0.3) is 11.1 Å². The molecule has 0 saturated carbocycles. The highest BCUT2D eigenvalue weighted by Gasteiger charge is 2.06. The van der Waals surface area contributed by atoms with E-state index in [1.807, 2.05) is 12.1 Å². The van der Waals surface area contributed by atoms with Crippen molar-refractivity contribution in [3.05, 3.63) is 59.2 Å². The molecule has 0 amide bonds. The second kappa shape index (κ2) is 4.90. The van der Waals surface area contributed by atoms with Crippen molar-refractivity contribution in [3.63, 3.8) is 0 Å². The summed E-state index contributed by atoms with van der Waals surface area (Å²) in [6, 6.07) is 11.6. The number of aromatic nitrogens is 1. The molecule has 0 bridgehead atoms. The Balaban J connectivity index is 1.76. The molecule has 96 valence electrons. The first-order valence-corrected chi connectivity index (χ1v) is 6.13. The lowest BCUT2D eigenvalue weighted by Crippen LogP contribution is -1.98. The van der Waals surface area contributed by atoms with Crippen molar-refractivity contribution in [2.45, 2.75) is 6.54 Å². The summed E-state index contributed by atoms with van der Waals surface area (Å²) >= 11 is 5.80. The third-order valence-corrected chi connectivity index (χ3v) is 2.93. The van der Waals surface area contributed by atoms with Gasteiger partial charge in [0.15, 0.2) is 5.58 Å². The monoisotopic (exact) mass is 276 g/mol. The summed E-state index contributed by atoms with van der Waals surface area (Å²) in [7, 11) is 0. The number of benzene rings is 2. The highest BCUT2D eigenvalue weighted by molar-refractivity contribution is 6.30. The molecule has 0 radical (unpaired) electrons. The fourth-order valence-corrected chi connectivity index (χ4v) is 1.90. The van der Waals surface area contributed by atoms with Crippen LogP contribution in [0.4, 0.5) is 10.1 Å². The van der Waals surface area contributed by atoms with Gasteiger partial charge in [0.1, 0.15) is 11.3 Å². The number of nitrogens with zero attached hydrogens (tertiary/aromatic N) is 1. The Labute approximate surface area is 114 Å². The average Bonchev–Trinajstić information content (AvgIpc) is 2.80. The molecule has 0 aliphatic rings. The number of rotatable bonds is 3. The number of hydrogen-bond donors (Lipinski definition) is 1. The Morgan fingerprint density at radius 2 is 1.95 bits per heavy atom. The van der Waals surface area contributed by atoms with Crippen LogP contribution < -0.4 is 5.32 Å². The second-order valence-corrected chi connectivity index (χ2v) is 4.52. The van der Waals surface area contributed by atoms with Crippen LogP contribution in [-0.2, 0) is 6.54 Å². The quantitative estimate of drug-likeness (QED) is 0.778. The van der Waals surface area contributed by atoms with Crippen molar-refractivity contribution in [1.82, 2.24) is 4.98 Å². The molecular formula is C14H10ClFN2O. The van der Waals surface area contributed by atoms with E-state index in [4.69, 9.17) is 16.0 Å². The molecule has 0 fully saturated rings. The molecule has 2 aromatic carbocycles. The maximum atomic E-state index is 13.0. The van der Waals surface area contributed by atoms with Gasteiger partial charge >= 0.3 is 0 Å². The standard InChI is InChI=1S/C14H10ClFN2O/c15-9-1-4-11(5-2-9)17-8-14-18-12-7-10(16)3-6-13(12)19-14/h1-7,17H,8H2. The van der Waals surface area contributed by atoms with Gasteiger partial charge in [0, 0.05) is 16.8 Å². The smallest absolute Gasteiger partial charge is 0.214 e. The lowest BCUT2D eigenvalue weighted by molar-refractivity contribution is 0.540. The summed E-state index contributed by atoms with van der Waals surface area (Å²) in [6.45, 7) is 0.429. The Morgan fingerprint density at radius 1 is 1.16 bits per heavy atom. The van der Waals surface area contributed by atoms with E-state index in [1.165, 1.54) is 12.1 Å². The van der Waals surface area contributed by atoms with Gasteiger partial charge in [-0.3, -0.25) is 0 Å². The van der Waals surface area contributed by atoms with Gasteiger partial charge in [0.05, 0.1) is 6.54 Å². The van der Waals surface area contributed by atoms with Gasteiger partial charge in [-0.1, -0.05) is 11.6 Å². The molecule has 3 aromatic rings. The third-order valence-electron chi connectivity index (χ3n) is 2.68. The number of oxazole rings is 1. The van der Waals surface area contributed by atoms with Crippen molar-refractivity contribution in [2.75, 3.05) is 5.32 Å². The second-order valence-electron chi connectivity index (χ2n) is 4.08. The van der Waals surface area contributed by atoms with Crippen LogP contribution >= 0.6 is 11.6 Å². The SMILES string of the molecule is Fc1ccc2oc(CNc3ccc(Cl)cc3)nc2c1. The first kappa shape index (κ1) is 12.0. The minimum Gasteiger partial charge on any atom is -0.439 e. The molecule has 0 aliphatic carbocycles. The van der Waals surface area contributed by atoms with Crippen LogP contribution in [0.1, 0.15) is 5.89 Å². The highest BCUT2D eigenvalue weighted by Crippen LogP contribution is 2.18. The maximum absolute atomic E-state index is 13.0. The molecule has 19 heavy (non-hydrogen) atoms. The number of halogens is 2. The summed E-state index contributed by atoms with van der Waals surface area (Å²) in [5.41, 5.74) is 2.01. The zero-order valence-electron chi connectivity index (χ0n) is 9.86. The predicted molar refractivity (Wildman–Crippen MR) is 72.7 cm³/mol. The largest absolute Gasteiger partial charge is 0.439 e. The normalized spacial score (nSPS) is 10.8. The fraction of sp³-hybridized carbons (Fsp3) is 0.0714. The summed E-state index contributed by atoms with van der Waals surface area (Å²) in [4.78, 5) is 4.21. The van der Waals surface area contributed by atoms with Gasteiger partial charge in [-0.2, -0.15) is 0 Å². The Hall–Kier alpha value is -2.07. The summed E-state index contributed by atoms with van der Waals surface area (Å²) in [5, 5.41) is 3.84. The van der Waals surface area contributed by atoms with Gasteiger partial charge in [-0.05, 0) is 36.4 Å². The van der Waals surface area contributed by atoms with Gasteiger partial charge in [-0.25, -0.2) is 9.37 Å². The summed E-state index contributed by atoms with van der Waals surface area (Å²) in [5.74, 6) is 0.188. The van der Waals surface area contributed by atoms with Crippen LogP contribution in [-0.4, -0.2) is 4.98 Å². The first-order chi connectivity index (χ1) is 9.20. The van der Waals surface area contributed by atoms with E-state index in [2.05, 4.69) is 10.3 Å². The van der Waals surface area contributed by atoms with Crippen molar-refractivity contribution >= 4 is 28.4 Å². The molecule has 1 heterocycles. The molecule has 3 rings (SSSR count). The molecule has 0 atom stereocenters. The van der Waals surface area contributed by atoms with E-state index in [9.17, 15) is 4.39 Å². The minimum atomic E-state index is -0.321. The minimum absolute atomic E-state index is 0.321. The number of nitrogens with one attached hydrogen (secondary N) is 1. The van der Waals surface area contributed by atoms with E-state index >= 15 is 0 Å². The Morgan fingerprint density at radius 3 is 2.74 bits per heavy atom. The molecule has 0 unspecified atom stereocenters. The van der Waals surface area contributed by atoms with Crippen molar-refractivity contribution in [2.24, 2.45) is 0 Å². The molecule has 1 aromatic heterocycles. The highest BCUT2D eigenvalue weighted by atomic mass is 35.5. The zero-order chi connectivity index (χ0) is 13.2. The van der Waals surface area contributed by atoms with Crippen LogP contribution in [0.2, 0.25) is 5.02 Å². The molecular weight excluding hydrogens is 267 g/mol. The van der Waals surface area contributed by atoms with Crippen molar-refractivity contribution in [1.29, 1.82) is 0 Å². The van der Waals surface area contributed by atoms with E-state index in [-0.39, 0.29) is 5.82 Å². The van der Waals surface area contributed by atoms with E-state index < -0.39 is 0 Å². The molecule has 5 heteroatoms. The predicted octanol–water partition coefficient (Wildman–Crippen LogP) is 4.23. The number of anilines is 1. The Bertz CT molecular complexity index is 709. The lowest BCUT2D eigenvalue weighted by atomic mass is 10.3. The fourth-order valence-electron chi connectivity index (χ4n) is 1.77. The molecule has 3 nitrogen and oxygen atoms in total. The zero-order valence-corrected chi connectivity index (χ0v) is 10.6.